The standard InChI is InChI=1S/C12H22N2O6S/c1-9(2)14(8-11(15)16)21(18,19)13-6-4-10(5-7-13)12(17)20-3/h9-10H,4-8H2,1-3H3,(H,15,16). The zero-order valence-corrected chi connectivity index (χ0v) is 13.3. The fourth-order valence-electron chi connectivity index (χ4n) is 2.30. The monoisotopic (exact) mass is 322 g/mol. The molecule has 0 saturated carbocycles. The molecule has 0 aliphatic carbocycles. The van der Waals surface area contributed by atoms with Crippen LogP contribution in [-0.4, -0.2) is 66.9 Å². The summed E-state index contributed by atoms with van der Waals surface area (Å²) in [6.45, 7) is 3.05. The summed E-state index contributed by atoms with van der Waals surface area (Å²) in [6, 6.07) is -0.454. The number of carboxylic acid groups (broad SMARTS) is 1. The Morgan fingerprint density at radius 2 is 1.86 bits per heavy atom. The van der Waals surface area contributed by atoms with Crippen molar-refractivity contribution in [1.29, 1.82) is 0 Å². The highest BCUT2D eigenvalue weighted by molar-refractivity contribution is 7.86. The molecule has 0 spiro atoms. The molecule has 0 aromatic rings. The highest BCUT2D eigenvalue weighted by Gasteiger charge is 2.37. The van der Waals surface area contributed by atoms with Crippen molar-refractivity contribution in [3.8, 4) is 0 Å². The van der Waals surface area contributed by atoms with Gasteiger partial charge in [-0.05, 0) is 26.7 Å². The fourth-order valence-corrected chi connectivity index (χ4v) is 4.08. The van der Waals surface area contributed by atoms with Crippen LogP contribution in [0, 0.1) is 5.92 Å². The maximum absolute atomic E-state index is 12.5. The van der Waals surface area contributed by atoms with Crippen LogP contribution in [0.5, 0.6) is 0 Å². The number of nitrogens with zero attached hydrogens (tertiary/aromatic N) is 2. The number of ether oxygens (including phenoxy) is 1. The summed E-state index contributed by atoms with van der Waals surface area (Å²) < 4.78 is 31.8. The van der Waals surface area contributed by atoms with E-state index in [-0.39, 0.29) is 25.0 Å². The molecule has 0 radical (unpaired) electrons. The smallest absolute Gasteiger partial charge is 0.318 e. The van der Waals surface area contributed by atoms with Crippen molar-refractivity contribution in [2.75, 3.05) is 26.7 Å². The normalized spacial score (nSPS) is 18.1. The molecule has 0 aromatic heterocycles. The van der Waals surface area contributed by atoms with Gasteiger partial charge in [0.2, 0.25) is 0 Å². The van der Waals surface area contributed by atoms with Gasteiger partial charge in [0.05, 0.1) is 13.0 Å². The van der Waals surface area contributed by atoms with Crippen molar-refractivity contribution in [1.82, 2.24) is 8.61 Å². The number of piperidine rings is 1. The van der Waals surface area contributed by atoms with Gasteiger partial charge in [0.1, 0.15) is 6.54 Å². The van der Waals surface area contributed by atoms with E-state index in [4.69, 9.17) is 5.11 Å². The van der Waals surface area contributed by atoms with Gasteiger partial charge in [0, 0.05) is 19.1 Å². The van der Waals surface area contributed by atoms with Crippen LogP contribution in [0.3, 0.4) is 0 Å². The first-order valence-corrected chi connectivity index (χ1v) is 8.16. The molecule has 1 N–H and O–H groups in total. The predicted molar refractivity (Wildman–Crippen MR) is 74.7 cm³/mol. The Hall–Kier alpha value is -1.19. The summed E-state index contributed by atoms with van der Waals surface area (Å²) in [6.07, 6.45) is 0.760. The molecule has 1 aliphatic heterocycles. The Labute approximate surface area is 124 Å². The maximum Gasteiger partial charge on any atom is 0.318 e. The first-order valence-electron chi connectivity index (χ1n) is 6.76. The second-order valence-electron chi connectivity index (χ2n) is 5.24. The first-order chi connectivity index (χ1) is 9.70. The molecule has 8 nitrogen and oxygen atoms in total. The summed E-state index contributed by atoms with van der Waals surface area (Å²) >= 11 is 0. The maximum atomic E-state index is 12.5. The van der Waals surface area contributed by atoms with E-state index in [9.17, 15) is 18.0 Å². The quantitative estimate of drug-likeness (QED) is 0.685. The molecule has 1 saturated heterocycles. The second-order valence-corrected chi connectivity index (χ2v) is 7.12. The molecule has 0 aromatic carbocycles. The predicted octanol–water partition coefficient (Wildman–Crippen LogP) is -0.0888. The van der Waals surface area contributed by atoms with Crippen molar-refractivity contribution >= 4 is 22.1 Å². The molecular weight excluding hydrogens is 300 g/mol. The van der Waals surface area contributed by atoms with Crippen molar-refractivity contribution in [2.24, 2.45) is 5.92 Å². The number of carbonyl (C=O) groups excluding carboxylic acids is 1. The van der Waals surface area contributed by atoms with E-state index in [2.05, 4.69) is 4.74 Å². The molecular formula is C12H22N2O6S. The Balaban J connectivity index is 2.79. The molecule has 0 bridgehead atoms. The number of aliphatic carboxylic acids is 1. The lowest BCUT2D eigenvalue weighted by Crippen LogP contribution is -2.51. The fraction of sp³-hybridized carbons (Fsp3) is 0.833. The lowest BCUT2D eigenvalue weighted by molar-refractivity contribution is -0.146. The van der Waals surface area contributed by atoms with Crippen molar-refractivity contribution in [2.45, 2.75) is 32.7 Å². The summed E-state index contributed by atoms with van der Waals surface area (Å²) in [5, 5.41) is 8.86. The second kappa shape index (κ2) is 7.19. The minimum Gasteiger partial charge on any atom is -0.480 e. The molecule has 0 amide bonds. The van der Waals surface area contributed by atoms with E-state index >= 15 is 0 Å². The molecule has 1 fully saturated rings. The zero-order chi connectivity index (χ0) is 16.2. The molecule has 21 heavy (non-hydrogen) atoms. The molecule has 0 atom stereocenters. The van der Waals surface area contributed by atoms with Crippen LogP contribution in [0.4, 0.5) is 0 Å². The van der Waals surface area contributed by atoms with Crippen LogP contribution < -0.4 is 0 Å². The SMILES string of the molecule is COC(=O)C1CCN(S(=O)(=O)N(CC(=O)O)C(C)C)CC1. The largest absolute Gasteiger partial charge is 0.480 e. The number of esters is 1. The van der Waals surface area contributed by atoms with Gasteiger partial charge in [-0.25, -0.2) is 0 Å². The van der Waals surface area contributed by atoms with Crippen molar-refractivity contribution in [3.63, 3.8) is 0 Å². The topological polar surface area (TPSA) is 104 Å². The van der Waals surface area contributed by atoms with Crippen LogP contribution >= 0.6 is 0 Å². The molecule has 1 heterocycles. The van der Waals surface area contributed by atoms with E-state index in [1.807, 2.05) is 0 Å². The molecule has 0 unspecified atom stereocenters. The van der Waals surface area contributed by atoms with Gasteiger partial charge >= 0.3 is 11.9 Å². The van der Waals surface area contributed by atoms with E-state index in [0.717, 1.165) is 4.31 Å². The van der Waals surface area contributed by atoms with Gasteiger partial charge in [0.15, 0.2) is 0 Å². The van der Waals surface area contributed by atoms with Crippen LogP contribution in [0.25, 0.3) is 0 Å². The van der Waals surface area contributed by atoms with Gasteiger partial charge in [-0.15, -0.1) is 0 Å². The Morgan fingerprint density at radius 3 is 2.24 bits per heavy atom. The number of carboxylic acids is 1. The number of carbonyl (C=O) groups is 2. The van der Waals surface area contributed by atoms with Gasteiger partial charge < -0.3 is 9.84 Å². The molecule has 9 heteroatoms. The number of hydrogen-bond donors (Lipinski definition) is 1. The van der Waals surface area contributed by atoms with Gasteiger partial charge in [-0.2, -0.15) is 17.0 Å². The van der Waals surface area contributed by atoms with Crippen LogP contribution in [-0.2, 0) is 24.5 Å². The highest BCUT2D eigenvalue weighted by atomic mass is 32.2. The number of hydrogen-bond acceptors (Lipinski definition) is 5. The third-order valence-electron chi connectivity index (χ3n) is 3.48. The van der Waals surface area contributed by atoms with Crippen LogP contribution in [0.15, 0.2) is 0 Å². The summed E-state index contributed by atoms with van der Waals surface area (Å²) in [7, 11) is -2.54. The average Bonchev–Trinajstić information content (AvgIpc) is 2.43. The third kappa shape index (κ3) is 4.39. The number of rotatable bonds is 6. The van der Waals surface area contributed by atoms with Crippen molar-refractivity contribution < 1.29 is 27.9 Å². The Morgan fingerprint density at radius 1 is 1.33 bits per heavy atom. The highest BCUT2D eigenvalue weighted by Crippen LogP contribution is 2.23. The molecule has 122 valence electrons. The Bertz CT molecular complexity index is 482. The summed E-state index contributed by atoms with van der Waals surface area (Å²) in [5.74, 6) is -1.83. The summed E-state index contributed by atoms with van der Waals surface area (Å²) in [4.78, 5) is 22.3. The van der Waals surface area contributed by atoms with Gasteiger partial charge in [-0.3, -0.25) is 9.59 Å². The van der Waals surface area contributed by atoms with Gasteiger partial charge in [-0.1, -0.05) is 0 Å². The van der Waals surface area contributed by atoms with Crippen LogP contribution in [0.1, 0.15) is 26.7 Å². The lowest BCUT2D eigenvalue weighted by Gasteiger charge is -2.35. The molecule has 1 aliphatic rings. The van der Waals surface area contributed by atoms with E-state index < -0.39 is 28.8 Å². The van der Waals surface area contributed by atoms with Crippen molar-refractivity contribution in [3.05, 3.63) is 0 Å². The van der Waals surface area contributed by atoms with E-state index in [1.165, 1.54) is 11.4 Å². The number of methoxy groups -OCH3 is 1. The Kier molecular flexibility index (Phi) is 6.11. The third-order valence-corrected chi connectivity index (χ3v) is 5.64. The summed E-state index contributed by atoms with van der Waals surface area (Å²) in [5.41, 5.74) is 0. The minimum atomic E-state index is -3.84. The molecule has 1 rings (SSSR count). The first kappa shape index (κ1) is 17.9. The van der Waals surface area contributed by atoms with Crippen LogP contribution in [0.2, 0.25) is 0 Å². The minimum absolute atomic E-state index is 0.185. The van der Waals surface area contributed by atoms with E-state index in [1.54, 1.807) is 13.8 Å². The lowest BCUT2D eigenvalue weighted by atomic mass is 9.99. The average molecular weight is 322 g/mol. The van der Waals surface area contributed by atoms with Gasteiger partial charge in [0.25, 0.3) is 10.2 Å². The van der Waals surface area contributed by atoms with E-state index in [0.29, 0.717) is 12.8 Å². The zero-order valence-electron chi connectivity index (χ0n) is 12.5.